The number of rotatable bonds is 1. The summed E-state index contributed by atoms with van der Waals surface area (Å²) in [5.74, 6) is 0.605. The third-order valence-electron chi connectivity index (χ3n) is 3.88. The summed E-state index contributed by atoms with van der Waals surface area (Å²) in [6.07, 6.45) is 1.74. The van der Waals surface area contributed by atoms with Crippen molar-refractivity contribution in [2.75, 3.05) is 11.9 Å². The smallest absolute Gasteiger partial charge is 0.264 e. The van der Waals surface area contributed by atoms with Gasteiger partial charge in [-0.25, -0.2) is 0 Å². The van der Waals surface area contributed by atoms with Gasteiger partial charge in [-0.2, -0.15) is 0 Å². The van der Waals surface area contributed by atoms with Crippen LogP contribution in [0.5, 0.6) is 0 Å². The van der Waals surface area contributed by atoms with E-state index in [1.54, 1.807) is 18.1 Å². The van der Waals surface area contributed by atoms with Gasteiger partial charge < -0.3 is 0 Å². The summed E-state index contributed by atoms with van der Waals surface area (Å²) in [6.45, 7) is 0. The van der Waals surface area contributed by atoms with Crippen molar-refractivity contribution in [3.8, 4) is 0 Å². The summed E-state index contributed by atoms with van der Waals surface area (Å²) in [5.41, 5.74) is 3.10. The molecule has 0 saturated heterocycles. The van der Waals surface area contributed by atoms with Gasteiger partial charge >= 0.3 is 0 Å². The summed E-state index contributed by atoms with van der Waals surface area (Å²) < 4.78 is 0. The van der Waals surface area contributed by atoms with E-state index in [4.69, 9.17) is 0 Å². The maximum Gasteiger partial charge on any atom is 0.264 e. The number of anilines is 1. The number of para-hydroxylation sites is 1. The molecular formula is C18H13N3O. The molecule has 22 heavy (non-hydrogen) atoms. The summed E-state index contributed by atoms with van der Waals surface area (Å²) >= 11 is 0. The van der Waals surface area contributed by atoms with Crippen LogP contribution in [0.3, 0.4) is 0 Å². The largest absolute Gasteiger partial charge is 0.271 e. The highest BCUT2D eigenvalue weighted by atomic mass is 16.2. The first kappa shape index (κ1) is 12.7. The number of amidine groups is 1. The van der Waals surface area contributed by atoms with Gasteiger partial charge in [-0.05, 0) is 18.2 Å². The number of nitrogens with zero attached hydrogens (tertiary/aromatic N) is 3. The lowest BCUT2D eigenvalue weighted by Crippen LogP contribution is -2.30. The van der Waals surface area contributed by atoms with E-state index in [2.05, 4.69) is 9.98 Å². The van der Waals surface area contributed by atoms with Crippen molar-refractivity contribution >= 4 is 28.3 Å². The summed E-state index contributed by atoms with van der Waals surface area (Å²) in [7, 11) is 1.70. The van der Waals surface area contributed by atoms with Crippen LogP contribution in [0, 0.1) is 0 Å². The average Bonchev–Trinajstić information content (AvgIpc) is 2.87. The number of carbonyl (C=O) groups excluding carboxylic acids is 1. The highest BCUT2D eigenvalue weighted by Gasteiger charge is 2.35. The fourth-order valence-corrected chi connectivity index (χ4v) is 2.91. The Balaban J connectivity index is 1.98. The molecule has 0 radical (unpaired) electrons. The summed E-state index contributed by atoms with van der Waals surface area (Å²) in [5, 5.41) is 0.999. The van der Waals surface area contributed by atoms with Gasteiger partial charge in [0.15, 0.2) is 0 Å². The van der Waals surface area contributed by atoms with Gasteiger partial charge in [0.1, 0.15) is 5.84 Å². The lowest BCUT2D eigenvalue weighted by atomic mass is 10.1. The van der Waals surface area contributed by atoms with Crippen molar-refractivity contribution in [3.05, 3.63) is 71.9 Å². The molecule has 4 rings (SSSR count). The Hall–Kier alpha value is -3.01. The fourth-order valence-electron chi connectivity index (χ4n) is 2.91. The molecule has 1 aliphatic heterocycles. The number of hydrogen-bond acceptors (Lipinski definition) is 3. The van der Waals surface area contributed by atoms with E-state index in [1.807, 2.05) is 54.6 Å². The lowest BCUT2D eigenvalue weighted by molar-refractivity contribution is 0.101. The van der Waals surface area contributed by atoms with Crippen molar-refractivity contribution in [1.29, 1.82) is 0 Å². The maximum atomic E-state index is 12.8. The summed E-state index contributed by atoms with van der Waals surface area (Å²) in [4.78, 5) is 23.3. The van der Waals surface area contributed by atoms with E-state index in [0.29, 0.717) is 11.4 Å². The summed E-state index contributed by atoms with van der Waals surface area (Å²) in [6, 6.07) is 17.3. The number of hydrogen-bond donors (Lipinski definition) is 0. The Morgan fingerprint density at radius 3 is 2.55 bits per heavy atom. The second kappa shape index (κ2) is 4.77. The predicted molar refractivity (Wildman–Crippen MR) is 87.5 cm³/mol. The van der Waals surface area contributed by atoms with Gasteiger partial charge in [0, 0.05) is 24.2 Å². The molecular weight excluding hydrogens is 274 g/mol. The Morgan fingerprint density at radius 1 is 0.955 bits per heavy atom. The van der Waals surface area contributed by atoms with Gasteiger partial charge in [-0.3, -0.25) is 19.7 Å². The van der Waals surface area contributed by atoms with E-state index in [9.17, 15) is 4.79 Å². The van der Waals surface area contributed by atoms with E-state index in [1.165, 1.54) is 0 Å². The molecule has 2 aromatic carbocycles. The molecule has 4 nitrogen and oxygen atoms in total. The fraction of sp³-hybridized carbons (Fsp3) is 0.0556. The first-order chi connectivity index (χ1) is 10.8. The topological polar surface area (TPSA) is 45.6 Å². The zero-order valence-corrected chi connectivity index (χ0v) is 12.0. The van der Waals surface area contributed by atoms with Crippen molar-refractivity contribution in [2.24, 2.45) is 4.99 Å². The Labute approximate surface area is 127 Å². The molecule has 0 unspecified atom stereocenters. The number of benzene rings is 2. The van der Waals surface area contributed by atoms with Crippen molar-refractivity contribution in [3.63, 3.8) is 0 Å². The number of pyridine rings is 1. The molecule has 1 aliphatic rings. The molecule has 3 aromatic rings. The van der Waals surface area contributed by atoms with Crippen LogP contribution in [0.4, 0.5) is 5.69 Å². The van der Waals surface area contributed by atoms with Crippen molar-refractivity contribution in [2.45, 2.75) is 0 Å². The van der Waals surface area contributed by atoms with E-state index in [-0.39, 0.29) is 5.91 Å². The van der Waals surface area contributed by atoms with Gasteiger partial charge in [-0.15, -0.1) is 0 Å². The van der Waals surface area contributed by atoms with Gasteiger partial charge in [-0.1, -0.05) is 36.4 Å². The van der Waals surface area contributed by atoms with Crippen LogP contribution >= 0.6 is 0 Å². The maximum absolute atomic E-state index is 12.8. The number of carbonyl (C=O) groups is 1. The zero-order chi connectivity index (χ0) is 15.1. The molecule has 0 fully saturated rings. The van der Waals surface area contributed by atoms with Crippen molar-refractivity contribution in [1.82, 2.24) is 4.98 Å². The molecule has 2 heterocycles. The Bertz CT molecular complexity index is 925. The number of amides is 1. The molecule has 0 aliphatic carbocycles. The Morgan fingerprint density at radius 2 is 1.73 bits per heavy atom. The molecule has 0 N–H and O–H groups in total. The Kier molecular flexibility index (Phi) is 2.76. The second-order valence-electron chi connectivity index (χ2n) is 5.09. The van der Waals surface area contributed by atoms with Crippen LogP contribution < -0.4 is 4.90 Å². The minimum absolute atomic E-state index is 0.0608. The van der Waals surface area contributed by atoms with Crippen molar-refractivity contribution < 1.29 is 4.79 Å². The van der Waals surface area contributed by atoms with E-state index >= 15 is 0 Å². The zero-order valence-electron chi connectivity index (χ0n) is 12.0. The standard InChI is InChI=1S/C18H13N3O/c1-19-17-13-8-2-3-9-14(13)18(22)21(17)15-10-4-6-12-7-5-11-20-16(12)15/h2-11H,1H3. The third kappa shape index (κ3) is 1.67. The van der Waals surface area contributed by atoms with Gasteiger partial charge in [0.25, 0.3) is 5.91 Å². The normalized spacial score (nSPS) is 15.6. The first-order valence-corrected chi connectivity index (χ1v) is 7.05. The van der Waals surface area contributed by atoms with Crippen LogP contribution in [0.25, 0.3) is 10.9 Å². The molecule has 106 valence electrons. The molecule has 1 aromatic heterocycles. The van der Waals surface area contributed by atoms with Gasteiger partial charge in [0.2, 0.25) is 0 Å². The van der Waals surface area contributed by atoms with E-state index in [0.717, 1.165) is 22.2 Å². The molecule has 0 saturated carbocycles. The van der Waals surface area contributed by atoms with Crippen LogP contribution in [-0.4, -0.2) is 23.8 Å². The van der Waals surface area contributed by atoms with Crippen LogP contribution in [0.15, 0.2) is 65.8 Å². The SMILES string of the molecule is CN=C1c2ccccc2C(=O)N1c1cccc2cccnc12. The second-order valence-corrected chi connectivity index (χ2v) is 5.09. The highest BCUT2D eigenvalue weighted by Crippen LogP contribution is 2.32. The predicted octanol–water partition coefficient (Wildman–Crippen LogP) is 3.27. The first-order valence-electron chi connectivity index (χ1n) is 7.05. The number of aliphatic imine (C=N–C) groups is 1. The molecule has 1 amide bonds. The quantitative estimate of drug-likeness (QED) is 0.689. The lowest BCUT2D eigenvalue weighted by Gasteiger charge is -2.18. The molecule has 4 heteroatoms. The molecule has 0 bridgehead atoms. The molecule has 0 spiro atoms. The van der Waals surface area contributed by atoms with Crippen LogP contribution in [-0.2, 0) is 0 Å². The third-order valence-corrected chi connectivity index (χ3v) is 3.88. The van der Waals surface area contributed by atoms with Crippen LogP contribution in [0.2, 0.25) is 0 Å². The highest BCUT2D eigenvalue weighted by molar-refractivity contribution is 6.37. The number of fused-ring (bicyclic) bond motifs is 2. The average molecular weight is 287 g/mol. The van der Waals surface area contributed by atoms with Crippen LogP contribution in [0.1, 0.15) is 15.9 Å². The van der Waals surface area contributed by atoms with Gasteiger partial charge in [0.05, 0.1) is 16.8 Å². The minimum Gasteiger partial charge on any atom is -0.271 e. The monoisotopic (exact) mass is 287 g/mol. The molecule has 0 atom stereocenters. The minimum atomic E-state index is -0.0608. The number of aromatic nitrogens is 1. The van der Waals surface area contributed by atoms with E-state index < -0.39 is 0 Å².